The highest BCUT2D eigenvalue weighted by atomic mass is 35.5. The molecule has 1 unspecified atom stereocenters. The highest BCUT2D eigenvalue weighted by Gasteiger charge is 2.40. The van der Waals surface area contributed by atoms with Crippen molar-refractivity contribution in [3.05, 3.63) is 65.0 Å². The topological polar surface area (TPSA) is 109 Å². The number of carbonyl (C=O) groups is 1. The first-order valence-corrected chi connectivity index (χ1v) is 13.3. The number of amides is 1. The Kier molecular flexibility index (Phi) is 7.45. The molecule has 1 aliphatic carbocycles. The third kappa shape index (κ3) is 5.35. The van der Waals surface area contributed by atoms with Gasteiger partial charge in [-0.15, -0.1) is 0 Å². The maximum atomic E-state index is 14.5. The lowest BCUT2D eigenvalue weighted by atomic mass is 9.91. The Labute approximate surface area is 233 Å². The van der Waals surface area contributed by atoms with Crippen molar-refractivity contribution >= 4 is 17.5 Å². The second-order valence-corrected chi connectivity index (χ2v) is 10.6. The number of rotatable bonds is 8. The first-order chi connectivity index (χ1) is 19.0. The molecule has 1 saturated carbocycles. The number of aromatic nitrogens is 5. The number of aliphatic hydroxyl groups excluding tert-OH is 1. The predicted molar refractivity (Wildman–Crippen MR) is 145 cm³/mol. The van der Waals surface area contributed by atoms with Crippen molar-refractivity contribution in [3.8, 4) is 33.6 Å². The van der Waals surface area contributed by atoms with E-state index < -0.39 is 18.0 Å². The Hall–Kier alpha value is -3.70. The number of nitrogens with zero attached hydrogens (tertiary/aromatic N) is 4. The van der Waals surface area contributed by atoms with Crippen LogP contribution >= 0.6 is 11.6 Å². The first kappa shape index (κ1) is 27.9. The van der Waals surface area contributed by atoms with Gasteiger partial charge in [0.15, 0.2) is 5.69 Å². The third-order valence-corrected chi connectivity index (χ3v) is 7.09. The number of aliphatic hydroxyl groups is 1. The van der Waals surface area contributed by atoms with Crippen molar-refractivity contribution in [2.24, 2.45) is 0 Å². The molecule has 0 aliphatic heterocycles. The summed E-state index contributed by atoms with van der Waals surface area (Å²) in [6, 6.07) is 6.78. The van der Waals surface area contributed by atoms with Gasteiger partial charge in [-0.05, 0) is 37.8 Å². The van der Waals surface area contributed by atoms with Gasteiger partial charge in [0.25, 0.3) is 5.91 Å². The van der Waals surface area contributed by atoms with E-state index in [2.05, 4.69) is 25.4 Å². The van der Waals surface area contributed by atoms with E-state index in [0.29, 0.717) is 28.1 Å². The minimum Gasteiger partial charge on any atom is -0.391 e. The van der Waals surface area contributed by atoms with Gasteiger partial charge in [-0.1, -0.05) is 37.6 Å². The van der Waals surface area contributed by atoms with Gasteiger partial charge in [-0.25, -0.2) is 9.97 Å². The molecule has 0 spiro atoms. The quantitative estimate of drug-likeness (QED) is 0.237. The fourth-order valence-corrected chi connectivity index (χ4v) is 5.08. The average Bonchev–Trinajstić information content (AvgIpc) is 3.45. The van der Waals surface area contributed by atoms with Crippen LogP contribution in [0, 0.1) is 0 Å². The smallest absolute Gasteiger partial charge is 0.391 e. The van der Waals surface area contributed by atoms with E-state index in [-0.39, 0.29) is 46.3 Å². The van der Waals surface area contributed by atoms with E-state index in [9.17, 15) is 23.1 Å². The Morgan fingerprint density at radius 1 is 1.20 bits per heavy atom. The maximum Gasteiger partial charge on any atom is 0.433 e. The number of aromatic amines is 1. The Morgan fingerprint density at radius 3 is 2.55 bits per heavy atom. The SMILES string of the molecule is CC(O)Cn1ncc(-c2[nH]c(C(C)C)c(-c3cccc(C(=O)NC4CC4)c3Cl)c2-c2ccncn2)c1C(F)(F)F. The summed E-state index contributed by atoms with van der Waals surface area (Å²) in [7, 11) is 0. The molecule has 0 radical (unpaired) electrons. The molecule has 4 aromatic rings. The lowest BCUT2D eigenvalue weighted by Gasteiger charge is -2.15. The van der Waals surface area contributed by atoms with Crippen LogP contribution in [-0.2, 0) is 12.7 Å². The van der Waals surface area contributed by atoms with Gasteiger partial charge in [0, 0.05) is 40.2 Å². The minimum atomic E-state index is -4.77. The summed E-state index contributed by atoms with van der Waals surface area (Å²) in [4.78, 5) is 24.5. The van der Waals surface area contributed by atoms with Crippen molar-refractivity contribution in [2.45, 2.75) is 64.4 Å². The molecular formula is C28H28ClF3N6O2. The molecule has 1 atom stereocenters. The highest BCUT2D eigenvalue weighted by molar-refractivity contribution is 6.36. The van der Waals surface area contributed by atoms with Crippen LogP contribution < -0.4 is 5.32 Å². The minimum absolute atomic E-state index is 0.118. The van der Waals surface area contributed by atoms with Crippen LogP contribution in [0.1, 0.15) is 61.3 Å². The van der Waals surface area contributed by atoms with E-state index in [1.807, 2.05) is 13.8 Å². The van der Waals surface area contributed by atoms with Crippen molar-refractivity contribution in [1.82, 2.24) is 30.0 Å². The van der Waals surface area contributed by atoms with Crippen molar-refractivity contribution in [2.75, 3.05) is 0 Å². The van der Waals surface area contributed by atoms with E-state index in [4.69, 9.17) is 11.6 Å². The number of alkyl halides is 3. The summed E-state index contributed by atoms with van der Waals surface area (Å²) in [5, 5.41) is 16.9. The van der Waals surface area contributed by atoms with Gasteiger partial charge < -0.3 is 15.4 Å². The summed E-state index contributed by atoms with van der Waals surface area (Å²) >= 11 is 6.87. The molecule has 12 heteroatoms. The average molecular weight is 573 g/mol. The van der Waals surface area contributed by atoms with Gasteiger partial charge in [0.2, 0.25) is 0 Å². The largest absolute Gasteiger partial charge is 0.433 e. The molecule has 3 N–H and O–H groups in total. The number of halogens is 4. The summed E-state index contributed by atoms with van der Waals surface area (Å²) in [5.74, 6) is -0.482. The van der Waals surface area contributed by atoms with Crippen LogP contribution in [-0.4, -0.2) is 47.9 Å². The fourth-order valence-electron chi connectivity index (χ4n) is 4.78. The molecule has 3 heterocycles. The van der Waals surface area contributed by atoms with Crippen molar-refractivity contribution in [3.63, 3.8) is 0 Å². The highest BCUT2D eigenvalue weighted by Crippen LogP contribution is 2.48. The van der Waals surface area contributed by atoms with Crippen LogP contribution in [0.3, 0.4) is 0 Å². The molecule has 1 aliphatic rings. The molecule has 0 saturated heterocycles. The van der Waals surface area contributed by atoms with Crippen LogP contribution in [0.2, 0.25) is 5.02 Å². The molecule has 1 amide bonds. The third-order valence-electron chi connectivity index (χ3n) is 6.68. The number of carbonyl (C=O) groups excluding carboxylic acids is 1. The second kappa shape index (κ2) is 10.7. The van der Waals surface area contributed by atoms with Crippen LogP contribution in [0.25, 0.3) is 33.6 Å². The summed E-state index contributed by atoms with van der Waals surface area (Å²) in [6.07, 6.45) is -0.0618. The Morgan fingerprint density at radius 2 is 1.95 bits per heavy atom. The Balaban J connectivity index is 1.81. The molecule has 210 valence electrons. The molecule has 0 bridgehead atoms. The standard InChI is InChI=1S/C28H28ClF3N6O2/c1-14(2)24-21(17-5-4-6-18(23(17)29)27(40)36-16-7-8-16)22(20-9-10-33-13-34-20)25(37-24)19-11-35-38(12-15(3)39)26(19)28(30,31)32/h4-6,9-11,13-16,37,39H,7-8,12H2,1-3H3,(H,36,40). The molecule has 1 aromatic carbocycles. The van der Waals surface area contributed by atoms with Gasteiger partial charge in [0.05, 0.1) is 40.8 Å². The molecule has 1 fully saturated rings. The predicted octanol–water partition coefficient (Wildman–Crippen LogP) is 6.07. The zero-order valence-electron chi connectivity index (χ0n) is 22.1. The lowest BCUT2D eigenvalue weighted by Crippen LogP contribution is -2.25. The van der Waals surface area contributed by atoms with E-state index >= 15 is 0 Å². The summed E-state index contributed by atoms with van der Waals surface area (Å²) < 4.78 is 44.2. The lowest BCUT2D eigenvalue weighted by molar-refractivity contribution is -0.144. The second-order valence-electron chi connectivity index (χ2n) is 10.3. The van der Waals surface area contributed by atoms with E-state index in [1.54, 1.807) is 24.3 Å². The molecule has 3 aromatic heterocycles. The molecule has 40 heavy (non-hydrogen) atoms. The van der Waals surface area contributed by atoms with Crippen LogP contribution in [0.5, 0.6) is 0 Å². The number of hydrogen-bond acceptors (Lipinski definition) is 5. The number of benzene rings is 1. The van der Waals surface area contributed by atoms with Gasteiger partial charge >= 0.3 is 6.18 Å². The van der Waals surface area contributed by atoms with Gasteiger partial charge in [-0.2, -0.15) is 18.3 Å². The summed E-state index contributed by atoms with van der Waals surface area (Å²) in [6.45, 7) is 4.86. The van der Waals surface area contributed by atoms with E-state index in [1.165, 1.54) is 19.4 Å². The van der Waals surface area contributed by atoms with Crippen molar-refractivity contribution in [1.29, 1.82) is 0 Å². The zero-order chi connectivity index (χ0) is 28.8. The number of hydrogen-bond donors (Lipinski definition) is 3. The first-order valence-electron chi connectivity index (χ1n) is 12.9. The van der Waals surface area contributed by atoms with Crippen molar-refractivity contribution < 1.29 is 23.1 Å². The Bertz CT molecular complexity index is 1540. The summed E-state index contributed by atoms with van der Waals surface area (Å²) in [5.41, 5.74) is 1.58. The molecule has 5 rings (SSSR count). The molecular weight excluding hydrogens is 545 g/mol. The maximum absolute atomic E-state index is 14.5. The van der Waals surface area contributed by atoms with Crippen LogP contribution in [0.4, 0.5) is 13.2 Å². The molecule has 8 nitrogen and oxygen atoms in total. The number of H-pyrrole nitrogens is 1. The normalized spacial score (nSPS) is 14.5. The fraction of sp³-hybridized carbons (Fsp3) is 0.357. The van der Waals surface area contributed by atoms with E-state index in [0.717, 1.165) is 23.7 Å². The number of nitrogens with one attached hydrogen (secondary N) is 2. The van der Waals surface area contributed by atoms with Gasteiger partial charge in [-0.3, -0.25) is 9.48 Å². The zero-order valence-corrected chi connectivity index (χ0v) is 22.8. The van der Waals surface area contributed by atoms with Gasteiger partial charge in [0.1, 0.15) is 6.33 Å². The monoisotopic (exact) mass is 572 g/mol. The van der Waals surface area contributed by atoms with Crippen LogP contribution in [0.15, 0.2) is 43.0 Å².